The van der Waals surface area contributed by atoms with Crippen molar-refractivity contribution in [3.8, 4) is 5.75 Å². The van der Waals surface area contributed by atoms with Crippen molar-refractivity contribution in [2.75, 3.05) is 12.4 Å². The second-order valence-corrected chi connectivity index (χ2v) is 8.38. The molecule has 2 N–H and O–H groups in total. The van der Waals surface area contributed by atoms with Crippen molar-refractivity contribution >= 4 is 21.6 Å². The van der Waals surface area contributed by atoms with Gasteiger partial charge in [-0.25, -0.2) is 13.6 Å². The highest BCUT2D eigenvalue weighted by Gasteiger charge is 2.29. The Bertz CT molecular complexity index is 579. The molecule has 0 aliphatic heterocycles. The van der Waals surface area contributed by atoms with Crippen LogP contribution in [-0.2, 0) is 16.4 Å². The van der Waals surface area contributed by atoms with E-state index in [2.05, 4.69) is 0 Å². The molecular formula is C15H24ClNO3S. The van der Waals surface area contributed by atoms with E-state index in [-0.39, 0.29) is 17.1 Å². The molecule has 0 saturated heterocycles. The van der Waals surface area contributed by atoms with E-state index in [1.165, 1.54) is 0 Å². The first-order chi connectivity index (χ1) is 9.53. The standard InChI is InChI=1S/C15H24ClNO3S/c1-5-11-8-13(6-7-14(11)16)20-9-12(15(2,3)4)10-21(17,18)19/h6-8,12H,5,9-10H2,1-4H3,(H2,17,18,19). The van der Waals surface area contributed by atoms with Crippen LogP contribution in [0.1, 0.15) is 33.3 Å². The van der Waals surface area contributed by atoms with E-state index >= 15 is 0 Å². The van der Waals surface area contributed by atoms with Gasteiger partial charge in [0.05, 0.1) is 12.4 Å². The highest BCUT2D eigenvalue weighted by molar-refractivity contribution is 7.89. The topological polar surface area (TPSA) is 69.4 Å². The summed E-state index contributed by atoms with van der Waals surface area (Å²) in [5.74, 6) is 0.415. The summed E-state index contributed by atoms with van der Waals surface area (Å²) in [4.78, 5) is 0. The van der Waals surface area contributed by atoms with Crippen LogP contribution in [0.3, 0.4) is 0 Å². The molecule has 0 spiro atoms. The van der Waals surface area contributed by atoms with Crippen molar-refractivity contribution in [3.63, 3.8) is 0 Å². The summed E-state index contributed by atoms with van der Waals surface area (Å²) in [6, 6.07) is 5.47. The molecule has 0 aromatic heterocycles. The van der Waals surface area contributed by atoms with Gasteiger partial charge in [0.25, 0.3) is 0 Å². The number of benzene rings is 1. The first kappa shape index (κ1) is 18.3. The quantitative estimate of drug-likeness (QED) is 0.868. The van der Waals surface area contributed by atoms with Crippen molar-refractivity contribution in [1.29, 1.82) is 0 Å². The van der Waals surface area contributed by atoms with E-state index in [1.807, 2.05) is 33.8 Å². The van der Waals surface area contributed by atoms with Crippen LogP contribution >= 0.6 is 11.6 Å². The lowest BCUT2D eigenvalue weighted by Gasteiger charge is -2.29. The normalized spacial score (nSPS) is 14.0. The fraction of sp³-hybridized carbons (Fsp3) is 0.600. The van der Waals surface area contributed by atoms with E-state index in [0.717, 1.165) is 12.0 Å². The maximum Gasteiger partial charge on any atom is 0.209 e. The fourth-order valence-electron chi connectivity index (χ4n) is 1.94. The lowest BCUT2D eigenvalue weighted by molar-refractivity contribution is 0.163. The third-order valence-electron chi connectivity index (χ3n) is 3.51. The van der Waals surface area contributed by atoms with Gasteiger partial charge in [-0.1, -0.05) is 39.3 Å². The van der Waals surface area contributed by atoms with Gasteiger partial charge in [-0.05, 0) is 35.6 Å². The zero-order chi connectivity index (χ0) is 16.3. The number of sulfonamides is 1. The van der Waals surface area contributed by atoms with Gasteiger partial charge in [-0.15, -0.1) is 0 Å². The molecule has 0 bridgehead atoms. The molecule has 1 aromatic rings. The molecule has 0 saturated carbocycles. The number of hydrogen-bond acceptors (Lipinski definition) is 3. The maximum absolute atomic E-state index is 11.3. The fourth-order valence-corrected chi connectivity index (χ4v) is 3.35. The third-order valence-corrected chi connectivity index (χ3v) is 4.74. The van der Waals surface area contributed by atoms with Crippen molar-refractivity contribution < 1.29 is 13.2 Å². The Balaban J connectivity index is 2.82. The second kappa shape index (κ2) is 6.99. The predicted octanol–water partition coefficient (Wildman–Crippen LogP) is 3.23. The summed E-state index contributed by atoms with van der Waals surface area (Å²) in [7, 11) is -3.53. The molecule has 0 aliphatic carbocycles. The van der Waals surface area contributed by atoms with E-state index in [0.29, 0.717) is 17.4 Å². The first-order valence-corrected chi connectivity index (χ1v) is 9.04. The Morgan fingerprint density at radius 2 is 1.95 bits per heavy atom. The molecule has 1 rings (SSSR count). The number of ether oxygens (including phenoxy) is 1. The molecule has 6 heteroatoms. The summed E-state index contributed by atoms with van der Waals surface area (Å²) in [5.41, 5.74) is 0.792. The zero-order valence-corrected chi connectivity index (χ0v) is 14.6. The van der Waals surface area contributed by atoms with Crippen molar-refractivity contribution in [3.05, 3.63) is 28.8 Å². The van der Waals surface area contributed by atoms with Crippen LogP contribution < -0.4 is 9.88 Å². The Hall–Kier alpha value is -0.780. The molecule has 1 unspecified atom stereocenters. The summed E-state index contributed by atoms with van der Waals surface area (Å²) in [5, 5.41) is 5.88. The van der Waals surface area contributed by atoms with Crippen LogP contribution in [-0.4, -0.2) is 20.8 Å². The lowest BCUT2D eigenvalue weighted by Crippen LogP contribution is -2.35. The minimum atomic E-state index is -3.53. The van der Waals surface area contributed by atoms with Gasteiger partial charge in [0.2, 0.25) is 10.0 Å². The number of aryl methyl sites for hydroxylation is 1. The molecular weight excluding hydrogens is 310 g/mol. The van der Waals surface area contributed by atoms with Crippen LogP contribution in [0.5, 0.6) is 5.75 Å². The van der Waals surface area contributed by atoms with E-state index in [9.17, 15) is 8.42 Å². The largest absolute Gasteiger partial charge is 0.493 e. The van der Waals surface area contributed by atoms with Crippen molar-refractivity contribution in [2.24, 2.45) is 16.5 Å². The molecule has 0 heterocycles. The highest BCUT2D eigenvalue weighted by atomic mass is 35.5. The number of rotatable bonds is 6. The molecule has 4 nitrogen and oxygen atoms in total. The van der Waals surface area contributed by atoms with Crippen LogP contribution in [0.15, 0.2) is 18.2 Å². The second-order valence-electron chi connectivity index (χ2n) is 6.31. The molecule has 1 aromatic carbocycles. The van der Waals surface area contributed by atoms with E-state index < -0.39 is 10.0 Å². The number of hydrogen-bond donors (Lipinski definition) is 1. The summed E-state index contributed by atoms with van der Waals surface area (Å²) in [6.45, 7) is 8.25. The third kappa shape index (κ3) is 6.24. The highest BCUT2D eigenvalue weighted by Crippen LogP contribution is 2.29. The summed E-state index contributed by atoms with van der Waals surface area (Å²) in [6.07, 6.45) is 0.815. The minimum absolute atomic E-state index is 0.0925. The summed E-state index contributed by atoms with van der Waals surface area (Å²) >= 11 is 6.07. The monoisotopic (exact) mass is 333 g/mol. The lowest BCUT2D eigenvalue weighted by atomic mass is 9.82. The molecule has 120 valence electrons. The van der Waals surface area contributed by atoms with Gasteiger partial charge in [-0.3, -0.25) is 0 Å². The number of halogens is 1. The Kier molecular flexibility index (Phi) is 6.08. The van der Waals surface area contributed by atoms with Gasteiger partial charge in [0, 0.05) is 10.9 Å². The van der Waals surface area contributed by atoms with Crippen LogP contribution in [0, 0.1) is 11.3 Å². The van der Waals surface area contributed by atoms with Crippen molar-refractivity contribution in [2.45, 2.75) is 34.1 Å². The zero-order valence-electron chi connectivity index (χ0n) is 13.0. The van der Waals surface area contributed by atoms with E-state index in [4.69, 9.17) is 21.5 Å². The first-order valence-electron chi connectivity index (χ1n) is 6.94. The summed E-state index contributed by atoms with van der Waals surface area (Å²) < 4.78 is 28.5. The smallest absolute Gasteiger partial charge is 0.209 e. The molecule has 1 atom stereocenters. The average molecular weight is 334 g/mol. The molecule has 0 amide bonds. The molecule has 0 fully saturated rings. The predicted molar refractivity (Wildman–Crippen MR) is 87.2 cm³/mol. The SMILES string of the molecule is CCc1cc(OCC(CS(N)(=O)=O)C(C)(C)C)ccc1Cl. The Labute approximate surface area is 132 Å². The Morgan fingerprint density at radius 3 is 2.43 bits per heavy atom. The maximum atomic E-state index is 11.3. The number of nitrogens with two attached hydrogens (primary N) is 1. The molecule has 21 heavy (non-hydrogen) atoms. The van der Waals surface area contributed by atoms with Gasteiger partial charge in [0.1, 0.15) is 5.75 Å². The van der Waals surface area contributed by atoms with Crippen LogP contribution in [0.2, 0.25) is 5.02 Å². The van der Waals surface area contributed by atoms with E-state index in [1.54, 1.807) is 12.1 Å². The minimum Gasteiger partial charge on any atom is -0.493 e. The van der Waals surface area contributed by atoms with Gasteiger partial charge in [-0.2, -0.15) is 0 Å². The van der Waals surface area contributed by atoms with Gasteiger partial charge < -0.3 is 4.74 Å². The van der Waals surface area contributed by atoms with Crippen LogP contribution in [0.25, 0.3) is 0 Å². The Morgan fingerprint density at radius 1 is 1.33 bits per heavy atom. The van der Waals surface area contributed by atoms with Crippen LogP contribution in [0.4, 0.5) is 0 Å². The van der Waals surface area contributed by atoms with Gasteiger partial charge in [0.15, 0.2) is 0 Å². The number of primary sulfonamides is 1. The van der Waals surface area contributed by atoms with Gasteiger partial charge >= 0.3 is 0 Å². The molecule has 0 aliphatic rings. The molecule has 0 radical (unpaired) electrons. The average Bonchev–Trinajstić information content (AvgIpc) is 2.33. The van der Waals surface area contributed by atoms with Crippen molar-refractivity contribution in [1.82, 2.24) is 0 Å².